The molecule has 4 N–H and O–H groups in total. The Kier molecular flexibility index (Phi) is 8.28. The topological polar surface area (TPSA) is 116 Å². The smallest absolute Gasteiger partial charge is 0.223 e. The summed E-state index contributed by atoms with van der Waals surface area (Å²) in [6, 6.07) is 14.4. The van der Waals surface area contributed by atoms with Crippen molar-refractivity contribution in [3.63, 3.8) is 0 Å². The average molecular weight is 485 g/mol. The summed E-state index contributed by atoms with van der Waals surface area (Å²) >= 11 is 0. The third-order valence-corrected chi connectivity index (χ3v) is 5.93. The summed E-state index contributed by atoms with van der Waals surface area (Å²) in [6.07, 6.45) is 7.71. The molecule has 36 heavy (non-hydrogen) atoms. The molecule has 0 aliphatic carbocycles. The molecule has 2 aromatic heterocycles. The summed E-state index contributed by atoms with van der Waals surface area (Å²) in [5.74, 6) is 1.56. The Morgan fingerprint density at radius 1 is 0.611 bits per heavy atom. The molecule has 8 heteroatoms. The van der Waals surface area contributed by atoms with Crippen LogP contribution in [-0.4, -0.2) is 43.2 Å². The summed E-state index contributed by atoms with van der Waals surface area (Å²) in [4.78, 5) is 17.9. The average Bonchev–Trinajstić information content (AvgIpc) is 2.88. The molecule has 0 spiro atoms. The predicted octanol–water partition coefficient (Wildman–Crippen LogP) is 5.71. The lowest BCUT2D eigenvalue weighted by Crippen LogP contribution is -2.08. The van der Waals surface area contributed by atoms with E-state index < -0.39 is 0 Å². The van der Waals surface area contributed by atoms with Gasteiger partial charge in [-0.3, -0.25) is 0 Å². The number of aromatic nitrogens is 4. The zero-order valence-electron chi connectivity index (χ0n) is 20.7. The Morgan fingerprint density at radius 3 is 1.44 bits per heavy atom. The third-order valence-electron chi connectivity index (χ3n) is 5.93. The Balaban J connectivity index is 1.19. The maximum absolute atomic E-state index is 10.2. The largest absolute Gasteiger partial charge is 0.507 e. The maximum atomic E-state index is 10.2. The molecule has 4 aromatic rings. The minimum absolute atomic E-state index is 0.212. The number of nitrogens with one attached hydrogen (secondary N) is 2. The predicted molar refractivity (Wildman–Crippen MR) is 143 cm³/mol. The van der Waals surface area contributed by atoms with E-state index in [1.165, 1.54) is 0 Å². The van der Waals surface area contributed by atoms with E-state index in [0.717, 1.165) is 61.3 Å². The van der Waals surface area contributed by atoms with E-state index in [9.17, 15) is 10.2 Å². The zero-order valence-corrected chi connectivity index (χ0v) is 20.7. The summed E-state index contributed by atoms with van der Waals surface area (Å²) in [5.41, 5.74) is 4.72. The van der Waals surface area contributed by atoms with E-state index in [2.05, 4.69) is 30.6 Å². The number of aromatic hydroxyl groups is 2. The van der Waals surface area contributed by atoms with E-state index >= 15 is 0 Å². The van der Waals surface area contributed by atoms with Crippen LogP contribution in [0.5, 0.6) is 11.5 Å². The van der Waals surface area contributed by atoms with E-state index in [1.807, 2.05) is 38.1 Å². The second-order valence-corrected chi connectivity index (χ2v) is 8.75. The van der Waals surface area contributed by atoms with Gasteiger partial charge in [-0.15, -0.1) is 0 Å². The summed E-state index contributed by atoms with van der Waals surface area (Å²) in [6.45, 7) is 5.44. The first-order chi connectivity index (χ1) is 17.5. The van der Waals surface area contributed by atoms with Gasteiger partial charge >= 0.3 is 0 Å². The van der Waals surface area contributed by atoms with Crippen molar-refractivity contribution < 1.29 is 10.2 Å². The molecule has 0 radical (unpaired) electrons. The number of unbranched alkanes of at least 4 members (excludes halogenated alkanes) is 3. The van der Waals surface area contributed by atoms with Gasteiger partial charge in [0, 0.05) is 36.6 Å². The number of nitrogens with zero attached hydrogens (tertiary/aromatic N) is 4. The van der Waals surface area contributed by atoms with E-state index in [4.69, 9.17) is 0 Å². The van der Waals surface area contributed by atoms with Crippen LogP contribution in [0.4, 0.5) is 11.9 Å². The molecular formula is C28H32N6O2. The van der Waals surface area contributed by atoms with Crippen LogP contribution in [0.1, 0.15) is 36.8 Å². The molecule has 2 heterocycles. The molecule has 0 unspecified atom stereocenters. The van der Waals surface area contributed by atoms with E-state index in [1.54, 1.807) is 36.7 Å². The second-order valence-electron chi connectivity index (χ2n) is 8.75. The van der Waals surface area contributed by atoms with Gasteiger partial charge in [-0.1, -0.05) is 37.1 Å². The molecule has 0 saturated heterocycles. The van der Waals surface area contributed by atoms with Gasteiger partial charge in [-0.05, 0) is 62.1 Å². The molecule has 0 amide bonds. The quantitative estimate of drug-likeness (QED) is 0.200. The van der Waals surface area contributed by atoms with Gasteiger partial charge in [0.1, 0.15) is 11.5 Å². The molecule has 8 nitrogen and oxygen atoms in total. The van der Waals surface area contributed by atoms with Crippen molar-refractivity contribution in [3.8, 4) is 34.0 Å². The highest BCUT2D eigenvalue weighted by Crippen LogP contribution is 2.30. The molecular weight excluding hydrogens is 452 g/mol. The van der Waals surface area contributed by atoms with Gasteiger partial charge in [0.25, 0.3) is 0 Å². The van der Waals surface area contributed by atoms with Gasteiger partial charge in [-0.2, -0.15) is 0 Å². The number of para-hydroxylation sites is 2. The molecule has 0 saturated carbocycles. The SMILES string of the molecule is Cc1cnc(NCCCCCCNc2ncc(C)c(-c3ccccc3O)n2)nc1-c1ccccc1O. The standard InChI is InChI=1S/C28H32N6O2/c1-19-17-31-27(33-25(19)21-11-5-7-13-23(21)35)29-15-9-3-4-10-16-30-28-32-18-20(2)26(34-28)22-12-6-8-14-24(22)36/h5-8,11-14,17-18,35-36H,3-4,9-10,15-16H2,1-2H3,(H,29,31,33)(H,30,32,34). The normalized spacial score (nSPS) is 10.8. The molecule has 0 bridgehead atoms. The number of anilines is 2. The Bertz CT molecular complexity index is 1210. The minimum Gasteiger partial charge on any atom is -0.507 e. The van der Waals surface area contributed by atoms with Gasteiger partial charge in [0.05, 0.1) is 11.4 Å². The molecule has 0 fully saturated rings. The Morgan fingerprint density at radius 2 is 1.03 bits per heavy atom. The van der Waals surface area contributed by atoms with Gasteiger partial charge in [0.15, 0.2) is 0 Å². The van der Waals surface area contributed by atoms with Crippen molar-refractivity contribution in [2.24, 2.45) is 0 Å². The second kappa shape index (κ2) is 12.0. The summed E-state index contributed by atoms with van der Waals surface area (Å²) in [7, 11) is 0. The van der Waals surface area contributed by atoms with Crippen molar-refractivity contribution in [1.82, 2.24) is 19.9 Å². The highest BCUT2D eigenvalue weighted by atomic mass is 16.3. The van der Waals surface area contributed by atoms with Gasteiger partial charge in [0.2, 0.25) is 11.9 Å². The van der Waals surface area contributed by atoms with Crippen LogP contribution < -0.4 is 10.6 Å². The lowest BCUT2D eigenvalue weighted by Gasteiger charge is -2.11. The number of hydrogen-bond acceptors (Lipinski definition) is 8. The number of benzene rings is 2. The molecule has 0 atom stereocenters. The molecule has 186 valence electrons. The fourth-order valence-corrected chi connectivity index (χ4v) is 3.95. The van der Waals surface area contributed by atoms with Crippen LogP contribution in [0.2, 0.25) is 0 Å². The van der Waals surface area contributed by atoms with E-state index in [0.29, 0.717) is 23.0 Å². The van der Waals surface area contributed by atoms with Crippen LogP contribution in [0, 0.1) is 13.8 Å². The number of rotatable bonds is 11. The van der Waals surface area contributed by atoms with Crippen molar-refractivity contribution in [1.29, 1.82) is 0 Å². The highest BCUT2D eigenvalue weighted by Gasteiger charge is 2.11. The molecule has 4 rings (SSSR count). The van der Waals surface area contributed by atoms with Crippen molar-refractivity contribution >= 4 is 11.9 Å². The number of phenolic OH excluding ortho intramolecular Hbond substituents is 2. The number of phenols is 2. The first-order valence-corrected chi connectivity index (χ1v) is 12.2. The third kappa shape index (κ3) is 6.27. The zero-order chi connectivity index (χ0) is 25.3. The molecule has 2 aromatic carbocycles. The fourth-order valence-electron chi connectivity index (χ4n) is 3.95. The van der Waals surface area contributed by atoms with Crippen LogP contribution in [0.25, 0.3) is 22.5 Å². The number of hydrogen-bond donors (Lipinski definition) is 4. The van der Waals surface area contributed by atoms with Crippen LogP contribution in [0.3, 0.4) is 0 Å². The fraction of sp³-hybridized carbons (Fsp3) is 0.286. The van der Waals surface area contributed by atoms with Crippen molar-refractivity contribution in [2.75, 3.05) is 23.7 Å². The van der Waals surface area contributed by atoms with Crippen molar-refractivity contribution in [3.05, 3.63) is 72.1 Å². The summed E-state index contributed by atoms with van der Waals surface area (Å²) in [5, 5.41) is 26.9. The van der Waals surface area contributed by atoms with E-state index in [-0.39, 0.29) is 11.5 Å². The number of aryl methyl sites for hydroxylation is 2. The first-order valence-electron chi connectivity index (χ1n) is 12.2. The molecule has 0 aliphatic rings. The van der Waals surface area contributed by atoms with Crippen LogP contribution in [0.15, 0.2) is 60.9 Å². The molecule has 0 aliphatic heterocycles. The summed E-state index contributed by atoms with van der Waals surface area (Å²) < 4.78 is 0. The monoisotopic (exact) mass is 484 g/mol. The van der Waals surface area contributed by atoms with Crippen LogP contribution in [-0.2, 0) is 0 Å². The Labute approximate surface area is 211 Å². The van der Waals surface area contributed by atoms with Crippen LogP contribution >= 0.6 is 0 Å². The lowest BCUT2D eigenvalue weighted by atomic mass is 10.1. The minimum atomic E-state index is 0.212. The van der Waals surface area contributed by atoms with Gasteiger partial charge in [-0.25, -0.2) is 19.9 Å². The first kappa shape index (κ1) is 24.9. The Hall–Kier alpha value is -4.20. The highest BCUT2D eigenvalue weighted by molar-refractivity contribution is 5.70. The maximum Gasteiger partial charge on any atom is 0.223 e. The lowest BCUT2D eigenvalue weighted by molar-refractivity contribution is 0.476. The van der Waals surface area contributed by atoms with Gasteiger partial charge < -0.3 is 20.8 Å². The van der Waals surface area contributed by atoms with Crippen molar-refractivity contribution in [2.45, 2.75) is 39.5 Å².